The number of anilines is 1. The summed E-state index contributed by atoms with van der Waals surface area (Å²) in [4.78, 5) is -0.108. The molecule has 2 heterocycles. The zero-order valence-corrected chi connectivity index (χ0v) is 13.5. The monoisotopic (exact) mass is 353 g/mol. The van der Waals surface area contributed by atoms with E-state index in [0.29, 0.717) is 5.69 Å². The lowest BCUT2D eigenvalue weighted by Gasteiger charge is -2.07. The molecular formula is C15H13F2N3O3S. The highest BCUT2D eigenvalue weighted by molar-refractivity contribution is 7.92. The van der Waals surface area contributed by atoms with Crippen molar-refractivity contribution in [2.24, 2.45) is 0 Å². The second-order valence-corrected chi connectivity index (χ2v) is 6.85. The number of aromatic amines is 1. The number of aryl methyl sites for hydroxylation is 2. The molecule has 0 unspecified atom stereocenters. The maximum Gasteiger partial charge on any atom is 0.265 e. The van der Waals surface area contributed by atoms with Crippen molar-refractivity contribution >= 4 is 15.7 Å². The van der Waals surface area contributed by atoms with Crippen molar-refractivity contribution < 1.29 is 21.6 Å². The Labute approximate surface area is 136 Å². The third kappa shape index (κ3) is 3.02. The molecule has 0 aliphatic rings. The van der Waals surface area contributed by atoms with Gasteiger partial charge in [-0.3, -0.25) is 9.82 Å². The van der Waals surface area contributed by atoms with Gasteiger partial charge in [-0.2, -0.15) is 5.10 Å². The van der Waals surface area contributed by atoms with E-state index in [4.69, 9.17) is 4.42 Å². The molecule has 2 N–H and O–H groups in total. The summed E-state index contributed by atoms with van der Waals surface area (Å²) in [6.45, 7) is 3.29. The Morgan fingerprint density at radius 3 is 2.50 bits per heavy atom. The molecule has 3 rings (SSSR count). The second-order valence-electron chi connectivity index (χ2n) is 5.20. The average Bonchev–Trinajstić information content (AvgIpc) is 3.09. The molecule has 0 aliphatic heterocycles. The molecular weight excluding hydrogens is 340 g/mol. The Morgan fingerprint density at radius 1 is 1.12 bits per heavy atom. The fourth-order valence-corrected chi connectivity index (χ4v) is 3.40. The van der Waals surface area contributed by atoms with Crippen molar-refractivity contribution in [1.82, 2.24) is 10.2 Å². The van der Waals surface area contributed by atoms with Crippen LogP contribution in [0.1, 0.15) is 11.5 Å². The molecule has 3 aromatic rings. The number of hydrogen-bond acceptors (Lipinski definition) is 4. The first kappa shape index (κ1) is 16.2. The van der Waals surface area contributed by atoms with Crippen LogP contribution >= 0.6 is 0 Å². The SMILES string of the molecule is Cc1cc(-c2cc(S(=O)(=O)Nc3ccc(F)c(F)c3)c(C)o2)n[nH]1. The molecule has 0 aliphatic carbocycles. The zero-order valence-electron chi connectivity index (χ0n) is 12.7. The second kappa shape index (κ2) is 5.75. The van der Waals surface area contributed by atoms with Gasteiger partial charge < -0.3 is 4.42 Å². The molecule has 6 nitrogen and oxygen atoms in total. The first-order chi connectivity index (χ1) is 11.3. The van der Waals surface area contributed by atoms with Crippen LogP contribution in [0.5, 0.6) is 0 Å². The summed E-state index contributed by atoms with van der Waals surface area (Å²) in [5.41, 5.74) is 1.17. The third-order valence-electron chi connectivity index (χ3n) is 3.29. The molecule has 0 saturated carbocycles. The Morgan fingerprint density at radius 2 is 1.88 bits per heavy atom. The number of hydrogen-bond donors (Lipinski definition) is 2. The molecule has 2 aromatic heterocycles. The van der Waals surface area contributed by atoms with Crippen molar-refractivity contribution in [1.29, 1.82) is 0 Å². The van der Waals surface area contributed by atoms with E-state index >= 15 is 0 Å². The molecule has 1 aromatic carbocycles. The highest BCUT2D eigenvalue weighted by Crippen LogP contribution is 2.28. The highest BCUT2D eigenvalue weighted by Gasteiger charge is 2.23. The normalized spacial score (nSPS) is 11.7. The van der Waals surface area contributed by atoms with E-state index in [-0.39, 0.29) is 22.1 Å². The first-order valence-electron chi connectivity index (χ1n) is 6.87. The molecule has 0 atom stereocenters. The van der Waals surface area contributed by atoms with Crippen LogP contribution in [0, 0.1) is 25.5 Å². The Kier molecular flexibility index (Phi) is 3.88. The average molecular weight is 353 g/mol. The van der Waals surface area contributed by atoms with Gasteiger partial charge in [0, 0.05) is 17.8 Å². The number of aromatic nitrogens is 2. The van der Waals surface area contributed by atoms with Crippen LogP contribution in [0.3, 0.4) is 0 Å². The van der Waals surface area contributed by atoms with Crippen LogP contribution in [-0.2, 0) is 10.0 Å². The topological polar surface area (TPSA) is 88.0 Å². The van der Waals surface area contributed by atoms with Gasteiger partial charge >= 0.3 is 0 Å². The lowest BCUT2D eigenvalue weighted by atomic mass is 10.3. The van der Waals surface area contributed by atoms with Crippen molar-refractivity contribution in [3.05, 3.63) is 53.4 Å². The van der Waals surface area contributed by atoms with Gasteiger partial charge in [0.1, 0.15) is 16.3 Å². The first-order valence-corrected chi connectivity index (χ1v) is 8.35. The maximum absolute atomic E-state index is 13.2. The van der Waals surface area contributed by atoms with Gasteiger partial charge in [-0.25, -0.2) is 17.2 Å². The summed E-state index contributed by atoms with van der Waals surface area (Å²) >= 11 is 0. The molecule has 9 heteroatoms. The van der Waals surface area contributed by atoms with Crippen LogP contribution in [0.4, 0.5) is 14.5 Å². The Hall–Kier alpha value is -2.68. The smallest absolute Gasteiger partial charge is 0.265 e. The van der Waals surface area contributed by atoms with Crippen LogP contribution in [0.15, 0.2) is 39.6 Å². The molecule has 0 amide bonds. The molecule has 0 radical (unpaired) electrons. The van der Waals surface area contributed by atoms with E-state index in [0.717, 1.165) is 23.9 Å². The van der Waals surface area contributed by atoms with Crippen LogP contribution < -0.4 is 4.72 Å². The molecule has 0 spiro atoms. The summed E-state index contributed by atoms with van der Waals surface area (Å²) in [6.07, 6.45) is 0. The van der Waals surface area contributed by atoms with E-state index < -0.39 is 21.7 Å². The fourth-order valence-electron chi connectivity index (χ4n) is 2.17. The van der Waals surface area contributed by atoms with E-state index in [1.54, 1.807) is 13.0 Å². The van der Waals surface area contributed by atoms with E-state index in [1.165, 1.54) is 13.0 Å². The van der Waals surface area contributed by atoms with Crippen LogP contribution in [-0.4, -0.2) is 18.6 Å². The molecule has 126 valence electrons. The third-order valence-corrected chi connectivity index (χ3v) is 4.78. The van der Waals surface area contributed by atoms with Gasteiger partial charge in [0.15, 0.2) is 17.4 Å². The summed E-state index contributed by atoms with van der Waals surface area (Å²) in [6, 6.07) is 5.77. The summed E-state index contributed by atoms with van der Waals surface area (Å²) in [7, 11) is -4.02. The molecule has 0 saturated heterocycles. The van der Waals surface area contributed by atoms with Crippen LogP contribution in [0.25, 0.3) is 11.5 Å². The van der Waals surface area contributed by atoms with Gasteiger partial charge in [0.25, 0.3) is 10.0 Å². The van der Waals surface area contributed by atoms with Crippen molar-refractivity contribution in [3.63, 3.8) is 0 Å². The van der Waals surface area contributed by atoms with Crippen LogP contribution in [0.2, 0.25) is 0 Å². The minimum Gasteiger partial charge on any atom is -0.458 e. The zero-order chi connectivity index (χ0) is 17.5. The van der Waals surface area contributed by atoms with Crippen molar-refractivity contribution in [2.75, 3.05) is 4.72 Å². The van der Waals surface area contributed by atoms with E-state index in [1.807, 2.05) is 0 Å². The van der Waals surface area contributed by atoms with Gasteiger partial charge in [-0.1, -0.05) is 0 Å². The fraction of sp³-hybridized carbons (Fsp3) is 0.133. The van der Waals surface area contributed by atoms with Crippen molar-refractivity contribution in [2.45, 2.75) is 18.7 Å². The lowest BCUT2D eigenvalue weighted by Crippen LogP contribution is -2.13. The summed E-state index contributed by atoms with van der Waals surface area (Å²) in [5.74, 6) is -1.77. The van der Waals surface area contributed by atoms with E-state index in [9.17, 15) is 17.2 Å². The number of rotatable bonds is 4. The van der Waals surface area contributed by atoms with Gasteiger partial charge in [0.2, 0.25) is 0 Å². The Balaban J connectivity index is 1.95. The number of sulfonamides is 1. The minimum absolute atomic E-state index is 0.0911. The minimum atomic E-state index is -4.02. The van der Waals surface area contributed by atoms with Crippen molar-refractivity contribution in [3.8, 4) is 11.5 Å². The maximum atomic E-state index is 13.2. The number of furan rings is 1. The number of H-pyrrole nitrogens is 1. The van der Waals surface area contributed by atoms with Gasteiger partial charge in [-0.05, 0) is 32.0 Å². The lowest BCUT2D eigenvalue weighted by molar-refractivity contribution is 0.509. The summed E-state index contributed by atoms with van der Waals surface area (Å²) < 4.78 is 58.7. The molecule has 24 heavy (non-hydrogen) atoms. The quantitative estimate of drug-likeness (QED) is 0.753. The Bertz CT molecular complexity index is 1010. The predicted molar refractivity (Wildman–Crippen MR) is 82.9 cm³/mol. The van der Waals surface area contributed by atoms with E-state index in [2.05, 4.69) is 14.9 Å². The standard InChI is InChI=1S/C15H13F2N3O3S/c1-8-5-13(19-18-8)14-7-15(9(2)23-14)24(21,22)20-10-3-4-11(16)12(17)6-10/h3-7,20H,1-2H3,(H,18,19). The van der Waals surface area contributed by atoms with Gasteiger partial charge in [-0.15, -0.1) is 0 Å². The molecule has 0 bridgehead atoms. The largest absolute Gasteiger partial charge is 0.458 e. The predicted octanol–water partition coefficient (Wildman–Crippen LogP) is 3.37. The highest BCUT2D eigenvalue weighted by atomic mass is 32.2. The summed E-state index contributed by atoms with van der Waals surface area (Å²) in [5, 5.41) is 6.74. The number of benzene rings is 1. The number of nitrogens with zero attached hydrogens (tertiary/aromatic N) is 1. The van der Waals surface area contributed by atoms with Gasteiger partial charge in [0.05, 0.1) is 5.69 Å². The number of nitrogens with one attached hydrogen (secondary N) is 2. The molecule has 0 fully saturated rings. The number of halogens is 2.